The Hall–Kier alpha value is -2.66. The molecule has 24 heavy (non-hydrogen) atoms. The molecule has 0 radical (unpaired) electrons. The van der Waals surface area contributed by atoms with Gasteiger partial charge >= 0.3 is 0 Å². The number of nitrogens with zero attached hydrogens (tertiary/aromatic N) is 1. The summed E-state index contributed by atoms with van der Waals surface area (Å²) in [7, 11) is 0. The fourth-order valence-corrected chi connectivity index (χ4v) is 3.83. The van der Waals surface area contributed by atoms with Crippen molar-refractivity contribution in [2.24, 2.45) is 0 Å². The van der Waals surface area contributed by atoms with E-state index in [0.29, 0.717) is 4.88 Å². The van der Waals surface area contributed by atoms with Gasteiger partial charge < -0.3 is 10.1 Å². The molecule has 1 N–H and O–H groups in total. The standard InChI is InChI=1S/C19H16N2O2S/c1-11-18(24-12(2)20-11)19(22)21-17-13-7-3-5-9-15(13)23-16-10-6-4-8-14(16)17/h3-10,17H,1-2H3,(H,21,22). The summed E-state index contributed by atoms with van der Waals surface area (Å²) in [5.41, 5.74) is 2.69. The highest BCUT2D eigenvalue weighted by Gasteiger charge is 2.29. The first-order valence-corrected chi connectivity index (χ1v) is 8.56. The zero-order valence-electron chi connectivity index (χ0n) is 13.4. The number of para-hydroxylation sites is 2. The summed E-state index contributed by atoms with van der Waals surface area (Å²) < 4.78 is 5.96. The van der Waals surface area contributed by atoms with Crippen molar-refractivity contribution in [1.82, 2.24) is 10.3 Å². The molecular formula is C19H16N2O2S. The van der Waals surface area contributed by atoms with Crippen LogP contribution in [0.4, 0.5) is 0 Å². The van der Waals surface area contributed by atoms with Gasteiger partial charge in [-0.3, -0.25) is 4.79 Å². The summed E-state index contributed by atoms with van der Waals surface area (Å²) in [6.45, 7) is 3.78. The quantitative estimate of drug-likeness (QED) is 0.755. The maximum Gasteiger partial charge on any atom is 0.264 e. The lowest BCUT2D eigenvalue weighted by molar-refractivity contribution is 0.0945. The molecule has 0 saturated carbocycles. The van der Waals surface area contributed by atoms with Gasteiger partial charge in [0, 0.05) is 11.1 Å². The Bertz CT molecular complexity index is 887. The molecule has 1 aliphatic rings. The van der Waals surface area contributed by atoms with Crippen molar-refractivity contribution in [1.29, 1.82) is 0 Å². The van der Waals surface area contributed by atoms with Crippen molar-refractivity contribution < 1.29 is 9.53 Å². The number of hydrogen-bond donors (Lipinski definition) is 1. The number of carbonyl (C=O) groups is 1. The predicted molar refractivity (Wildman–Crippen MR) is 93.9 cm³/mol. The molecule has 4 rings (SSSR count). The van der Waals surface area contributed by atoms with E-state index in [1.807, 2.05) is 62.4 Å². The van der Waals surface area contributed by atoms with Gasteiger partial charge in [0.25, 0.3) is 5.91 Å². The first-order chi connectivity index (χ1) is 11.6. The molecule has 0 unspecified atom stereocenters. The topological polar surface area (TPSA) is 51.2 Å². The maximum absolute atomic E-state index is 12.8. The Morgan fingerprint density at radius 2 is 1.62 bits per heavy atom. The van der Waals surface area contributed by atoms with Crippen LogP contribution in [0.3, 0.4) is 0 Å². The normalized spacial score (nSPS) is 12.9. The van der Waals surface area contributed by atoms with Crippen molar-refractivity contribution in [3.63, 3.8) is 0 Å². The number of carbonyl (C=O) groups excluding carboxylic acids is 1. The van der Waals surface area contributed by atoms with Crippen LogP contribution in [0.5, 0.6) is 11.5 Å². The molecule has 0 bridgehead atoms. The Kier molecular flexibility index (Phi) is 3.58. The lowest BCUT2D eigenvalue weighted by atomic mass is 9.94. The van der Waals surface area contributed by atoms with Crippen LogP contribution in [0.15, 0.2) is 48.5 Å². The maximum atomic E-state index is 12.8. The van der Waals surface area contributed by atoms with E-state index >= 15 is 0 Å². The summed E-state index contributed by atoms with van der Waals surface area (Å²) in [6, 6.07) is 15.4. The van der Waals surface area contributed by atoms with Crippen LogP contribution in [0, 0.1) is 13.8 Å². The Labute approximate surface area is 144 Å². The second-order valence-electron chi connectivity index (χ2n) is 5.73. The molecule has 2 aromatic carbocycles. The third-order valence-corrected chi connectivity index (χ3v) is 5.14. The monoisotopic (exact) mass is 336 g/mol. The second kappa shape index (κ2) is 5.76. The molecule has 3 aromatic rings. The number of fused-ring (bicyclic) bond motifs is 2. The van der Waals surface area contributed by atoms with E-state index in [1.165, 1.54) is 11.3 Å². The Morgan fingerprint density at radius 1 is 1.04 bits per heavy atom. The van der Waals surface area contributed by atoms with Gasteiger partial charge in [-0.05, 0) is 26.0 Å². The molecule has 0 atom stereocenters. The number of thiazole rings is 1. The first-order valence-electron chi connectivity index (χ1n) is 7.74. The van der Waals surface area contributed by atoms with E-state index < -0.39 is 0 Å². The summed E-state index contributed by atoms with van der Waals surface area (Å²) in [5, 5.41) is 4.05. The fraction of sp³-hybridized carbons (Fsp3) is 0.158. The summed E-state index contributed by atoms with van der Waals surface area (Å²) in [4.78, 5) is 17.8. The van der Waals surface area contributed by atoms with Crippen LogP contribution < -0.4 is 10.1 Å². The van der Waals surface area contributed by atoms with Gasteiger partial charge in [-0.2, -0.15) is 0 Å². The number of ether oxygens (including phenoxy) is 1. The molecule has 120 valence electrons. The SMILES string of the molecule is Cc1nc(C)c(C(=O)NC2c3ccccc3Oc3ccccc32)s1. The van der Waals surface area contributed by atoms with Gasteiger partial charge in [0.15, 0.2) is 0 Å². The van der Waals surface area contributed by atoms with E-state index in [0.717, 1.165) is 33.3 Å². The third kappa shape index (κ3) is 2.47. The van der Waals surface area contributed by atoms with Crippen molar-refractivity contribution in [3.8, 4) is 11.5 Å². The third-order valence-electron chi connectivity index (χ3n) is 4.07. The van der Waals surface area contributed by atoms with Crippen LogP contribution in [-0.4, -0.2) is 10.9 Å². The highest BCUT2D eigenvalue weighted by Crippen LogP contribution is 2.42. The Morgan fingerprint density at radius 3 is 2.17 bits per heavy atom. The smallest absolute Gasteiger partial charge is 0.264 e. The molecule has 0 saturated heterocycles. The highest BCUT2D eigenvalue weighted by molar-refractivity contribution is 7.13. The van der Waals surface area contributed by atoms with E-state index in [9.17, 15) is 4.79 Å². The van der Waals surface area contributed by atoms with Crippen molar-refractivity contribution in [2.75, 3.05) is 0 Å². The first kappa shape index (κ1) is 14.9. The minimum Gasteiger partial charge on any atom is -0.457 e. The number of hydrogen-bond acceptors (Lipinski definition) is 4. The lowest BCUT2D eigenvalue weighted by Gasteiger charge is -2.28. The van der Waals surface area contributed by atoms with Crippen molar-refractivity contribution in [3.05, 3.63) is 75.2 Å². The number of rotatable bonds is 2. The van der Waals surface area contributed by atoms with Crippen LogP contribution in [0.25, 0.3) is 0 Å². The zero-order valence-corrected chi connectivity index (χ0v) is 14.2. The van der Waals surface area contributed by atoms with Gasteiger partial charge in [-0.15, -0.1) is 11.3 Å². The highest BCUT2D eigenvalue weighted by atomic mass is 32.1. The molecule has 2 heterocycles. The van der Waals surface area contributed by atoms with E-state index in [1.54, 1.807) is 0 Å². The molecule has 1 aliphatic heterocycles. The minimum atomic E-state index is -0.236. The summed E-state index contributed by atoms with van der Waals surface area (Å²) in [5.74, 6) is 1.45. The van der Waals surface area contributed by atoms with Crippen LogP contribution >= 0.6 is 11.3 Å². The minimum absolute atomic E-state index is 0.102. The predicted octanol–water partition coefficient (Wildman–Crippen LogP) is 4.39. The van der Waals surface area contributed by atoms with Gasteiger partial charge in [0.1, 0.15) is 16.4 Å². The number of amides is 1. The van der Waals surface area contributed by atoms with Gasteiger partial charge in [-0.1, -0.05) is 36.4 Å². The fourth-order valence-electron chi connectivity index (χ4n) is 3.00. The number of aryl methyl sites for hydroxylation is 2. The van der Waals surface area contributed by atoms with Gasteiger partial charge in [0.2, 0.25) is 0 Å². The lowest BCUT2D eigenvalue weighted by Crippen LogP contribution is -2.31. The van der Waals surface area contributed by atoms with Crippen LogP contribution in [0.1, 0.15) is 37.5 Å². The Balaban J connectivity index is 1.75. The summed E-state index contributed by atoms with van der Waals surface area (Å²) >= 11 is 1.42. The van der Waals surface area contributed by atoms with Gasteiger partial charge in [-0.25, -0.2) is 4.98 Å². The van der Waals surface area contributed by atoms with Crippen LogP contribution in [-0.2, 0) is 0 Å². The van der Waals surface area contributed by atoms with Crippen molar-refractivity contribution in [2.45, 2.75) is 19.9 Å². The number of aromatic nitrogens is 1. The van der Waals surface area contributed by atoms with Gasteiger partial charge in [0.05, 0.1) is 16.7 Å². The molecule has 0 spiro atoms. The number of benzene rings is 2. The second-order valence-corrected chi connectivity index (χ2v) is 6.93. The number of nitrogens with one attached hydrogen (secondary N) is 1. The largest absolute Gasteiger partial charge is 0.457 e. The molecule has 1 amide bonds. The molecule has 5 heteroatoms. The van der Waals surface area contributed by atoms with E-state index in [2.05, 4.69) is 10.3 Å². The molecular weight excluding hydrogens is 320 g/mol. The van der Waals surface area contributed by atoms with E-state index in [-0.39, 0.29) is 11.9 Å². The van der Waals surface area contributed by atoms with Crippen LogP contribution in [0.2, 0.25) is 0 Å². The zero-order chi connectivity index (χ0) is 16.7. The molecule has 0 aliphatic carbocycles. The summed E-state index contributed by atoms with van der Waals surface area (Å²) in [6.07, 6.45) is 0. The average Bonchev–Trinajstić information content (AvgIpc) is 2.93. The molecule has 0 fully saturated rings. The molecule has 4 nitrogen and oxygen atoms in total. The molecule has 1 aromatic heterocycles. The average molecular weight is 336 g/mol. The van der Waals surface area contributed by atoms with E-state index in [4.69, 9.17) is 4.74 Å². The van der Waals surface area contributed by atoms with Crippen molar-refractivity contribution >= 4 is 17.2 Å².